The fraction of sp³-hybridized carbons (Fsp3) is 0.526. The van der Waals surface area contributed by atoms with Crippen LogP contribution in [0.5, 0.6) is 0 Å². The second kappa shape index (κ2) is 8.76. The molecule has 0 saturated carbocycles. The highest BCUT2D eigenvalue weighted by Crippen LogP contribution is 2.24. The van der Waals surface area contributed by atoms with E-state index in [1.807, 2.05) is 6.92 Å². The van der Waals surface area contributed by atoms with Gasteiger partial charge in [-0.1, -0.05) is 33.3 Å². The first kappa shape index (κ1) is 20.8. The molecule has 1 aromatic carbocycles. The van der Waals surface area contributed by atoms with E-state index >= 15 is 0 Å². The van der Waals surface area contributed by atoms with Crippen LogP contribution in [0.4, 0.5) is 0 Å². The van der Waals surface area contributed by atoms with Gasteiger partial charge in [0.2, 0.25) is 0 Å². The summed E-state index contributed by atoms with van der Waals surface area (Å²) in [7, 11) is 0. The lowest BCUT2D eigenvalue weighted by Crippen LogP contribution is -2.38. The number of benzene rings is 1. The van der Waals surface area contributed by atoms with Crippen LogP contribution in [0.25, 0.3) is 0 Å². The Morgan fingerprint density at radius 1 is 1.12 bits per heavy atom. The van der Waals surface area contributed by atoms with Crippen molar-refractivity contribution in [1.82, 2.24) is 0 Å². The van der Waals surface area contributed by atoms with Crippen LogP contribution in [-0.4, -0.2) is 40.1 Å². The number of carbonyl (C=O) groups excluding carboxylic acids is 1. The Kier molecular flexibility index (Phi) is 7.30. The molecular weight excluding hydrogens is 324 g/mol. The number of hydrogen-bond acceptors (Lipinski definition) is 4. The largest absolute Gasteiger partial charge is 0.478 e. The minimum atomic E-state index is -1.39. The molecular formula is C19H26O6. The van der Waals surface area contributed by atoms with Crippen molar-refractivity contribution in [2.75, 3.05) is 6.61 Å². The second-order valence-corrected chi connectivity index (χ2v) is 6.43. The van der Waals surface area contributed by atoms with Crippen LogP contribution >= 0.6 is 0 Å². The zero-order valence-electron chi connectivity index (χ0n) is 15.2. The number of rotatable bonds is 10. The summed E-state index contributed by atoms with van der Waals surface area (Å²) in [6, 6.07) is 3.60. The number of ether oxygens (including phenoxy) is 1. The smallest absolute Gasteiger partial charge is 0.336 e. The normalized spacial score (nSPS) is 14.6. The highest BCUT2D eigenvalue weighted by Gasteiger charge is 2.34. The molecule has 0 amide bonds. The van der Waals surface area contributed by atoms with Gasteiger partial charge in [-0.2, -0.15) is 0 Å². The molecule has 0 fully saturated rings. The van der Waals surface area contributed by atoms with Crippen molar-refractivity contribution in [3.63, 3.8) is 0 Å². The van der Waals surface area contributed by atoms with Crippen molar-refractivity contribution in [1.29, 1.82) is 0 Å². The molecule has 6 nitrogen and oxygen atoms in total. The number of carboxylic acids is 2. The molecule has 0 aliphatic carbocycles. The first-order valence-electron chi connectivity index (χ1n) is 8.45. The maximum atomic E-state index is 12.8. The molecule has 0 aliphatic rings. The highest BCUT2D eigenvalue weighted by molar-refractivity contribution is 6.07. The molecule has 2 N–H and O–H groups in total. The zero-order chi connectivity index (χ0) is 19.2. The van der Waals surface area contributed by atoms with Crippen molar-refractivity contribution in [3.05, 3.63) is 34.9 Å². The average molecular weight is 350 g/mol. The van der Waals surface area contributed by atoms with Gasteiger partial charge in [-0.3, -0.25) is 4.79 Å². The van der Waals surface area contributed by atoms with E-state index in [2.05, 4.69) is 13.8 Å². The third-order valence-electron chi connectivity index (χ3n) is 4.63. The fourth-order valence-corrected chi connectivity index (χ4v) is 2.37. The van der Waals surface area contributed by atoms with E-state index in [4.69, 9.17) is 9.84 Å². The van der Waals surface area contributed by atoms with Gasteiger partial charge in [-0.25, -0.2) is 9.59 Å². The summed E-state index contributed by atoms with van der Waals surface area (Å²) in [6.07, 6.45) is 2.28. The fourth-order valence-electron chi connectivity index (χ4n) is 2.37. The Morgan fingerprint density at radius 3 is 2.20 bits per heavy atom. The second-order valence-electron chi connectivity index (χ2n) is 6.43. The maximum Gasteiger partial charge on any atom is 0.336 e. The molecule has 0 aliphatic heterocycles. The SMILES string of the molecule is CCC(C)CCOC(C)(CC)C(=O)c1ccc(C(=O)O)c(C(=O)O)c1. The number of aromatic carboxylic acids is 2. The van der Waals surface area contributed by atoms with Crippen LogP contribution in [0.2, 0.25) is 0 Å². The first-order valence-corrected chi connectivity index (χ1v) is 8.45. The van der Waals surface area contributed by atoms with E-state index in [9.17, 15) is 19.5 Å². The number of Topliss-reactive ketones (excluding diaryl/α,β-unsaturated/α-hetero) is 1. The summed E-state index contributed by atoms with van der Waals surface area (Å²) in [5, 5.41) is 18.3. The molecule has 2 unspecified atom stereocenters. The predicted octanol–water partition coefficient (Wildman–Crippen LogP) is 3.89. The molecule has 1 rings (SSSR count). The van der Waals surface area contributed by atoms with Gasteiger partial charge in [0.1, 0.15) is 5.60 Å². The van der Waals surface area contributed by atoms with Gasteiger partial charge < -0.3 is 14.9 Å². The van der Waals surface area contributed by atoms with Gasteiger partial charge in [-0.15, -0.1) is 0 Å². The van der Waals surface area contributed by atoms with E-state index < -0.39 is 23.1 Å². The molecule has 138 valence electrons. The number of hydrogen-bond donors (Lipinski definition) is 2. The van der Waals surface area contributed by atoms with E-state index in [1.165, 1.54) is 6.07 Å². The van der Waals surface area contributed by atoms with Crippen molar-refractivity contribution in [3.8, 4) is 0 Å². The van der Waals surface area contributed by atoms with Crippen molar-refractivity contribution in [2.45, 2.75) is 52.6 Å². The monoisotopic (exact) mass is 350 g/mol. The Labute approximate surface area is 147 Å². The van der Waals surface area contributed by atoms with Gasteiger partial charge >= 0.3 is 11.9 Å². The van der Waals surface area contributed by atoms with Gasteiger partial charge in [-0.05, 0) is 37.8 Å². The van der Waals surface area contributed by atoms with Crippen molar-refractivity contribution in [2.24, 2.45) is 5.92 Å². The number of carboxylic acid groups (broad SMARTS) is 2. The summed E-state index contributed by atoms with van der Waals surface area (Å²) in [4.78, 5) is 35.2. The Morgan fingerprint density at radius 2 is 1.72 bits per heavy atom. The first-order chi connectivity index (χ1) is 11.7. The summed E-state index contributed by atoms with van der Waals surface area (Å²) in [6.45, 7) is 8.14. The standard InChI is InChI=1S/C19H26O6/c1-5-12(3)9-10-25-19(4,6-2)16(20)13-7-8-14(17(21)22)15(11-13)18(23)24/h7-8,11-12H,5-6,9-10H2,1-4H3,(H,21,22)(H,23,24). The van der Waals surface area contributed by atoms with Crippen LogP contribution in [0, 0.1) is 5.92 Å². The topological polar surface area (TPSA) is 101 Å². The molecule has 0 aromatic heterocycles. The van der Waals surface area contributed by atoms with Gasteiger partial charge in [0.05, 0.1) is 11.1 Å². The summed E-state index contributed by atoms with van der Waals surface area (Å²) >= 11 is 0. The third-order valence-corrected chi connectivity index (χ3v) is 4.63. The van der Waals surface area contributed by atoms with Crippen LogP contribution in [0.1, 0.15) is 78.0 Å². The summed E-state index contributed by atoms with van der Waals surface area (Å²) < 4.78 is 5.83. The molecule has 25 heavy (non-hydrogen) atoms. The van der Waals surface area contributed by atoms with Crippen LogP contribution in [0.3, 0.4) is 0 Å². The predicted molar refractivity (Wildman–Crippen MR) is 93.4 cm³/mol. The quantitative estimate of drug-likeness (QED) is 0.621. The van der Waals surface area contributed by atoms with Gasteiger partial charge in [0, 0.05) is 12.2 Å². The number of ketones is 1. The van der Waals surface area contributed by atoms with Crippen LogP contribution < -0.4 is 0 Å². The Hall–Kier alpha value is -2.21. The van der Waals surface area contributed by atoms with Gasteiger partial charge in [0.15, 0.2) is 5.78 Å². The molecule has 1 aromatic rings. The van der Waals surface area contributed by atoms with E-state index in [0.717, 1.165) is 25.0 Å². The summed E-state index contributed by atoms with van der Waals surface area (Å²) in [5.41, 5.74) is -1.69. The van der Waals surface area contributed by atoms with E-state index in [1.54, 1.807) is 6.92 Å². The lowest BCUT2D eigenvalue weighted by atomic mass is 9.90. The van der Waals surface area contributed by atoms with Crippen LogP contribution in [-0.2, 0) is 4.74 Å². The lowest BCUT2D eigenvalue weighted by Gasteiger charge is -2.28. The molecule has 0 saturated heterocycles. The van der Waals surface area contributed by atoms with E-state index in [-0.39, 0.29) is 16.9 Å². The average Bonchev–Trinajstić information content (AvgIpc) is 2.59. The third kappa shape index (κ3) is 5.13. The molecule has 0 bridgehead atoms. The minimum Gasteiger partial charge on any atom is -0.478 e. The Balaban J connectivity index is 3.08. The van der Waals surface area contributed by atoms with Crippen molar-refractivity contribution < 1.29 is 29.3 Å². The molecule has 6 heteroatoms. The summed E-state index contributed by atoms with van der Waals surface area (Å²) in [5.74, 6) is -2.59. The molecule has 0 spiro atoms. The maximum absolute atomic E-state index is 12.8. The minimum absolute atomic E-state index is 0.135. The highest BCUT2D eigenvalue weighted by atomic mass is 16.5. The van der Waals surface area contributed by atoms with Crippen LogP contribution in [0.15, 0.2) is 18.2 Å². The molecule has 0 radical (unpaired) electrons. The van der Waals surface area contributed by atoms with E-state index in [0.29, 0.717) is 18.9 Å². The molecule has 0 heterocycles. The lowest BCUT2D eigenvalue weighted by molar-refractivity contribution is -0.0214. The Bertz CT molecular complexity index is 651. The number of carbonyl (C=O) groups is 3. The van der Waals surface area contributed by atoms with Gasteiger partial charge in [0.25, 0.3) is 0 Å². The molecule has 2 atom stereocenters. The zero-order valence-corrected chi connectivity index (χ0v) is 15.2. The van der Waals surface area contributed by atoms with Crippen molar-refractivity contribution >= 4 is 17.7 Å².